The number of carbonyl (C=O) groups is 1. The summed E-state index contributed by atoms with van der Waals surface area (Å²) in [5, 5.41) is 3.16. The predicted octanol–water partition coefficient (Wildman–Crippen LogP) is 2.19. The first-order chi connectivity index (χ1) is 10.2. The summed E-state index contributed by atoms with van der Waals surface area (Å²) in [6.07, 6.45) is 1.86. The molecule has 6 nitrogen and oxygen atoms in total. The Morgan fingerprint density at radius 3 is 2.73 bits per heavy atom. The minimum absolute atomic E-state index is 0.223. The molecule has 22 heavy (non-hydrogen) atoms. The number of ether oxygens (including phenoxy) is 1. The highest BCUT2D eigenvalue weighted by Gasteiger charge is 2.27. The third-order valence-electron chi connectivity index (χ3n) is 3.37. The molecule has 1 fully saturated rings. The number of hydrogen-bond donors (Lipinski definition) is 2. The maximum atomic E-state index is 12.1. The van der Waals surface area contributed by atoms with Gasteiger partial charge in [0, 0.05) is 26.2 Å². The first kappa shape index (κ1) is 18.6. The first-order valence-corrected chi connectivity index (χ1v) is 8.19. The summed E-state index contributed by atoms with van der Waals surface area (Å²) in [6, 6.07) is 0. The highest BCUT2D eigenvalue weighted by Crippen LogP contribution is 2.18. The van der Waals surface area contributed by atoms with E-state index in [1.165, 1.54) is 0 Å². The Labute approximate surface area is 134 Å². The Morgan fingerprint density at radius 1 is 1.45 bits per heavy atom. The first-order valence-electron chi connectivity index (χ1n) is 8.19. The normalized spacial score (nSPS) is 20.2. The SMILES string of the molecule is CC(C)CN=C(N)NCC1CCCN(C(=O)OC(C)(C)C)C1. The molecule has 0 bridgehead atoms. The number of carbonyl (C=O) groups excluding carboxylic acids is 1. The van der Waals surface area contributed by atoms with Crippen molar-refractivity contribution in [2.75, 3.05) is 26.2 Å². The van der Waals surface area contributed by atoms with Gasteiger partial charge in [-0.3, -0.25) is 4.99 Å². The van der Waals surface area contributed by atoms with Gasteiger partial charge in [0.2, 0.25) is 0 Å². The monoisotopic (exact) mass is 312 g/mol. The van der Waals surface area contributed by atoms with Crippen LogP contribution >= 0.6 is 0 Å². The van der Waals surface area contributed by atoms with Crippen LogP contribution in [0.15, 0.2) is 4.99 Å². The van der Waals surface area contributed by atoms with Gasteiger partial charge in [0.05, 0.1) is 0 Å². The van der Waals surface area contributed by atoms with Crippen LogP contribution in [-0.2, 0) is 4.74 Å². The molecule has 6 heteroatoms. The minimum atomic E-state index is -0.448. The van der Waals surface area contributed by atoms with Crippen LogP contribution in [0, 0.1) is 11.8 Å². The number of guanidine groups is 1. The highest BCUT2D eigenvalue weighted by atomic mass is 16.6. The standard InChI is InChI=1S/C16H32N4O2/c1-12(2)9-18-14(17)19-10-13-7-6-8-20(11-13)15(21)22-16(3,4)5/h12-13H,6-11H2,1-5H3,(H3,17,18,19). The molecular formula is C16H32N4O2. The van der Waals surface area contributed by atoms with Crippen LogP contribution in [0.25, 0.3) is 0 Å². The molecule has 1 amide bonds. The predicted molar refractivity (Wildman–Crippen MR) is 89.9 cm³/mol. The quantitative estimate of drug-likeness (QED) is 0.616. The van der Waals surface area contributed by atoms with Crippen molar-refractivity contribution >= 4 is 12.1 Å². The lowest BCUT2D eigenvalue weighted by molar-refractivity contribution is 0.0168. The van der Waals surface area contributed by atoms with Crippen molar-refractivity contribution in [2.45, 2.75) is 53.1 Å². The molecule has 0 aliphatic carbocycles. The van der Waals surface area contributed by atoms with E-state index >= 15 is 0 Å². The van der Waals surface area contributed by atoms with Crippen LogP contribution < -0.4 is 11.1 Å². The number of nitrogens with two attached hydrogens (primary N) is 1. The molecule has 1 saturated heterocycles. The van der Waals surface area contributed by atoms with E-state index in [1.54, 1.807) is 4.90 Å². The average molecular weight is 312 g/mol. The van der Waals surface area contributed by atoms with Crippen molar-refractivity contribution in [2.24, 2.45) is 22.6 Å². The molecule has 0 aromatic carbocycles. The van der Waals surface area contributed by atoms with E-state index in [-0.39, 0.29) is 6.09 Å². The number of nitrogens with one attached hydrogen (secondary N) is 1. The fraction of sp³-hybridized carbons (Fsp3) is 0.875. The Balaban J connectivity index is 2.40. The van der Waals surface area contributed by atoms with Crippen molar-refractivity contribution in [3.63, 3.8) is 0 Å². The molecule has 0 aromatic rings. The van der Waals surface area contributed by atoms with E-state index < -0.39 is 5.60 Å². The molecule has 0 spiro atoms. The van der Waals surface area contributed by atoms with E-state index in [4.69, 9.17) is 10.5 Å². The van der Waals surface area contributed by atoms with E-state index in [0.717, 1.165) is 32.5 Å². The summed E-state index contributed by atoms with van der Waals surface area (Å²) in [5.41, 5.74) is 5.40. The minimum Gasteiger partial charge on any atom is -0.444 e. The molecule has 1 atom stereocenters. The number of hydrogen-bond acceptors (Lipinski definition) is 3. The average Bonchev–Trinajstić information content (AvgIpc) is 2.41. The summed E-state index contributed by atoms with van der Waals surface area (Å²) in [6.45, 7) is 12.8. The zero-order chi connectivity index (χ0) is 16.8. The molecule has 1 heterocycles. The number of amides is 1. The summed E-state index contributed by atoms with van der Waals surface area (Å²) in [5.74, 6) is 1.37. The summed E-state index contributed by atoms with van der Waals surface area (Å²) >= 11 is 0. The largest absolute Gasteiger partial charge is 0.444 e. The molecule has 3 N–H and O–H groups in total. The number of aliphatic imine (C=N–C) groups is 1. The fourth-order valence-electron chi connectivity index (χ4n) is 2.31. The Bertz CT molecular complexity index is 388. The van der Waals surface area contributed by atoms with E-state index in [1.807, 2.05) is 20.8 Å². The summed E-state index contributed by atoms with van der Waals surface area (Å²) in [7, 11) is 0. The molecular weight excluding hydrogens is 280 g/mol. The van der Waals surface area contributed by atoms with E-state index in [0.29, 0.717) is 24.3 Å². The van der Waals surface area contributed by atoms with Crippen LogP contribution in [0.1, 0.15) is 47.5 Å². The van der Waals surface area contributed by atoms with E-state index in [9.17, 15) is 4.79 Å². The van der Waals surface area contributed by atoms with Crippen LogP contribution in [0.2, 0.25) is 0 Å². The van der Waals surface area contributed by atoms with Gasteiger partial charge in [-0.15, -0.1) is 0 Å². The topological polar surface area (TPSA) is 80.0 Å². The lowest BCUT2D eigenvalue weighted by atomic mass is 9.98. The van der Waals surface area contributed by atoms with Crippen molar-refractivity contribution in [3.8, 4) is 0 Å². The Kier molecular flexibility index (Phi) is 6.97. The van der Waals surface area contributed by atoms with Crippen molar-refractivity contribution in [1.29, 1.82) is 0 Å². The van der Waals surface area contributed by atoms with Gasteiger partial charge >= 0.3 is 6.09 Å². The molecule has 1 aliphatic heterocycles. The Morgan fingerprint density at radius 2 is 2.14 bits per heavy atom. The number of piperidine rings is 1. The third-order valence-corrected chi connectivity index (χ3v) is 3.37. The van der Waals surface area contributed by atoms with Gasteiger partial charge in [-0.05, 0) is 45.4 Å². The second-order valence-corrected chi connectivity index (χ2v) is 7.44. The summed E-state index contributed by atoms with van der Waals surface area (Å²) < 4.78 is 5.43. The second-order valence-electron chi connectivity index (χ2n) is 7.44. The molecule has 0 saturated carbocycles. The van der Waals surface area contributed by atoms with Crippen LogP contribution in [0.5, 0.6) is 0 Å². The van der Waals surface area contributed by atoms with Crippen molar-refractivity contribution in [3.05, 3.63) is 0 Å². The maximum Gasteiger partial charge on any atom is 0.410 e. The van der Waals surface area contributed by atoms with Crippen LogP contribution in [0.4, 0.5) is 4.79 Å². The van der Waals surface area contributed by atoms with Gasteiger partial charge in [0.1, 0.15) is 5.60 Å². The van der Waals surface area contributed by atoms with Gasteiger partial charge in [0.25, 0.3) is 0 Å². The smallest absolute Gasteiger partial charge is 0.410 e. The van der Waals surface area contributed by atoms with Gasteiger partial charge in [-0.2, -0.15) is 0 Å². The molecule has 0 aromatic heterocycles. The molecule has 128 valence electrons. The number of nitrogens with zero attached hydrogens (tertiary/aromatic N) is 2. The zero-order valence-electron chi connectivity index (χ0n) is 14.7. The van der Waals surface area contributed by atoms with Crippen molar-refractivity contribution < 1.29 is 9.53 Å². The lowest BCUT2D eigenvalue weighted by Gasteiger charge is -2.34. The third kappa shape index (κ3) is 7.52. The number of likely N-dealkylation sites (tertiary alicyclic amines) is 1. The second kappa shape index (κ2) is 8.25. The molecule has 0 radical (unpaired) electrons. The van der Waals surface area contributed by atoms with Crippen LogP contribution in [0.3, 0.4) is 0 Å². The van der Waals surface area contributed by atoms with Crippen molar-refractivity contribution in [1.82, 2.24) is 10.2 Å². The van der Waals surface area contributed by atoms with Gasteiger partial charge in [-0.1, -0.05) is 13.8 Å². The van der Waals surface area contributed by atoms with Gasteiger partial charge in [-0.25, -0.2) is 4.79 Å². The maximum absolute atomic E-state index is 12.1. The van der Waals surface area contributed by atoms with Gasteiger partial charge in [0.15, 0.2) is 5.96 Å². The highest BCUT2D eigenvalue weighted by molar-refractivity contribution is 5.77. The van der Waals surface area contributed by atoms with E-state index in [2.05, 4.69) is 24.2 Å². The fourth-order valence-corrected chi connectivity index (χ4v) is 2.31. The lowest BCUT2D eigenvalue weighted by Crippen LogP contribution is -2.46. The molecule has 1 aliphatic rings. The Hall–Kier alpha value is -1.46. The molecule has 1 unspecified atom stereocenters. The zero-order valence-corrected chi connectivity index (χ0v) is 14.7. The number of rotatable bonds is 4. The summed E-state index contributed by atoms with van der Waals surface area (Å²) in [4.78, 5) is 18.2. The van der Waals surface area contributed by atoms with Gasteiger partial charge < -0.3 is 20.7 Å². The molecule has 1 rings (SSSR count). The van der Waals surface area contributed by atoms with Crippen LogP contribution in [-0.4, -0.2) is 48.7 Å².